The van der Waals surface area contributed by atoms with Crippen molar-refractivity contribution in [3.05, 3.63) is 34.8 Å². The van der Waals surface area contributed by atoms with Gasteiger partial charge in [0.2, 0.25) is 0 Å². The number of carbonyl (C=O) groups excluding carboxylic acids is 3. The summed E-state index contributed by atoms with van der Waals surface area (Å²) in [6.07, 6.45) is 15.8. The van der Waals surface area contributed by atoms with E-state index >= 15 is 0 Å². The van der Waals surface area contributed by atoms with E-state index in [9.17, 15) is 19.5 Å². The number of unbranched alkanes of at least 4 members (excludes halogenated alkanes) is 3. The van der Waals surface area contributed by atoms with Gasteiger partial charge in [0.25, 0.3) is 0 Å². The van der Waals surface area contributed by atoms with Crippen LogP contribution in [0.15, 0.2) is 34.8 Å². The number of thioether (sulfide) groups is 1. The van der Waals surface area contributed by atoms with Crippen LogP contribution in [-0.2, 0) is 23.9 Å². The van der Waals surface area contributed by atoms with Gasteiger partial charge in [-0.25, -0.2) is 0 Å². The summed E-state index contributed by atoms with van der Waals surface area (Å²) in [5, 5.41) is 10.5. The third-order valence-corrected chi connectivity index (χ3v) is 7.45. The fourth-order valence-corrected chi connectivity index (χ4v) is 5.26. The van der Waals surface area contributed by atoms with Crippen LogP contribution >= 0.6 is 11.8 Å². The van der Waals surface area contributed by atoms with Gasteiger partial charge in [0.15, 0.2) is 5.78 Å². The molecule has 35 heavy (non-hydrogen) atoms. The van der Waals surface area contributed by atoms with Crippen LogP contribution in [0.25, 0.3) is 0 Å². The smallest absolute Gasteiger partial charge is 0.305 e. The van der Waals surface area contributed by atoms with Gasteiger partial charge < -0.3 is 14.6 Å². The maximum absolute atomic E-state index is 13.1. The highest BCUT2D eigenvalue weighted by Gasteiger charge is 2.29. The van der Waals surface area contributed by atoms with Crippen LogP contribution in [0.1, 0.15) is 70.6 Å². The Bertz CT molecular complexity index is 870. The number of carbonyl (C=O) groups is 3. The van der Waals surface area contributed by atoms with Crippen LogP contribution in [0.2, 0.25) is 0 Å². The van der Waals surface area contributed by atoms with Crippen molar-refractivity contribution in [1.29, 1.82) is 0 Å². The van der Waals surface area contributed by atoms with E-state index in [4.69, 9.17) is 0 Å². The lowest BCUT2D eigenvalue weighted by atomic mass is 9.96. The number of esters is 2. The second kappa shape index (κ2) is 16.4. The van der Waals surface area contributed by atoms with Crippen LogP contribution in [0.3, 0.4) is 0 Å². The Balaban J connectivity index is 1.96. The second-order valence-corrected chi connectivity index (χ2v) is 10.0. The number of hydrogen-bond acceptors (Lipinski definition) is 7. The van der Waals surface area contributed by atoms with Crippen molar-refractivity contribution in [3.63, 3.8) is 0 Å². The highest BCUT2D eigenvalue weighted by molar-refractivity contribution is 8.04. The van der Waals surface area contributed by atoms with E-state index in [1.54, 1.807) is 6.08 Å². The molecule has 0 radical (unpaired) electrons. The summed E-state index contributed by atoms with van der Waals surface area (Å²) >= 11 is 1.54. The first-order valence-corrected chi connectivity index (χ1v) is 13.5. The number of ether oxygens (including phenoxy) is 2. The SMILES string of the molecule is COC(=O)CCCC#CC=C1C(=O)C(SCCCCCC(=O)OC)=CC1C=CC(O)C1CCCC1. The molecule has 0 aromatic carbocycles. The number of hydrogen-bond donors (Lipinski definition) is 1. The summed E-state index contributed by atoms with van der Waals surface area (Å²) in [6, 6.07) is 0. The Hall–Kier alpha value is -2.30. The summed E-state index contributed by atoms with van der Waals surface area (Å²) in [5.41, 5.74) is 0.619. The molecule has 0 heterocycles. The van der Waals surface area contributed by atoms with Crippen molar-refractivity contribution in [3.8, 4) is 11.8 Å². The molecule has 7 heteroatoms. The first kappa shape index (κ1) is 28.9. The predicted molar refractivity (Wildman–Crippen MR) is 138 cm³/mol. The van der Waals surface area contributed by atoms with Gasteiger partial charge in [-0.1, -0.05) is 49.3 Å². The Morgan fingerprint density at radius 3 is 2.49 bits per heavy atom. The molecule has 0 aliphatic heterocycles. The van der Waals surface area contributed by atoms with E-state index in [1.165, 1.54) is 26.0 Å². The second-order valence-electron chi connectivity index (χ2n) is 8.89. The summed E-state index contributed by atoms with van der Waals surface area (Å²) in [6.45, 7) is 0. The predicted octanol–water partition coefficient (Wildman–Crippen LogP) is 4.92. The minimum absolute atomic E-state index is 0.0153. The van der Waals surface area contributed by atoms with Crippen molar-refractivity contribution in [1.82, 2.24) is 0 Å². The number of aliphatic hydroxyl groups is 1. The van der Waals surface area contributed by atoms with Gasteiger partial charge in [0, 0.05) is 30.8 Å². The maximum atomic E-state index is 13.1. The number of rotatable bonds is 13. The van der Waals surface area contributed by atoms with E-state index in [2.05, 4.69) is 21.3 Å². The standard InChI is InChI=1S/C28H38O6S/c1-33-26(30)15-7-4-3-6-14-23-22(17-18-24(29)21-12-9-10-13-21)20-25(28(23)32)35-19-11-5-8-16-27(31)34-2/h14,17-18,20-22,24,29H,4-5,7-13,15-16,19H2,1-2H3. The van der Waals surface area contributed by atoms with Gasteiger partial charge in [-0.3, -0.25) is 14.4 Å². The van der Waals surface area contributed by atoms with Crippen molar-refractivity contribution in [2.75, 3.05) is 20.0 Å². The number of Topliss-reactive ketones (excluding diaryl/α,β-unsaturated/α-hetero) is 1. The molecule has 1 saturated carbocycles. The summed E-state index contributed by atoms with van der Waals surface area (Å²) in [5.74, 6) is 6.42. The molecule has 2 unspecified atom stereocenters. The van der Waals surface area contributed by atoms with Crippen LogP contribution in [-0.4, -0.2) is 48.9 Å². The average Bonchev–Trinajstić information content (AvgIpc) is 3.50. The zero-order chi connectivity index (χ0) is 25.5. The number of aliphatic hydroxyl groups excluding tert-OH is 1. The van der Waals surface area contributed by atoms with Crippen LogP contribution in [0.4, 0.5) is 0 Å². The highest BCUT2D eigenvalue weighted by Crippen LogP contribution is 2.35. The summed E-state index contributed by atoms with van der Waals surface area (Å²) < 4.78 is 9.29. The summed E-state index contributed by atoms with van der Waals surface area (Å²) in [7, 11) is 2.76. The monoisotopic (exact) mass is 502 g/mol. The molecule has 2 aliphatic rings. The fourth-order valence-electron chi connectivity index (χ4n) is 4.20. The van der Waals surface area contributed by atoms with Crippen LogP contribution < -0.4 is 0 Å². The van der Waals surface area contributed by atoms with E-state index < -0.39 is 6.10 Å². The molecule has 0 aromatic heterocycles. The molecule has 0 amide bonds. The van der Waals surface area contributed by atoms with Crippen molar-refractivity contribution >= 4 is 29.5 Å². The third-order valence-electron chi connectivity index (χ3n) is 6.33. The molecule has 0 aromatic rings. The Morgan fingerprint density at radius 2 is 1.80 bits per heavy atom. The molecule has 2 aliphatic carbocycles. The first-order valence-electron chi connectivity index (χ1n) is 12.5. The largest absolute Gasteiger partial charge is 0.469 e. The van der Waals surface area contributed by atoms with Crippen LogP contribution in [0.5, 0.6) is 0 Å². The van der Waals surface area contributed by atoms with Gasteiger partial charge in [-0.2, -0.15) is 0 Å². The van der Waals surface area contributed by atoms with E-state index in [-0.39, 0.29) is 23.6 Å². The molecular formula is C28H38O6S. The summed E-state index contributed by atoms with van der Waals surface area (Å²) in [4.78, 5) is 36.2. The molecule has 0 bridgehead atoms. The van der Waals surface area contributed by atoms with Gasteiger partial charge in [0.1, 0.15) is 0 Å². The third kappa shape index (κ3) is 10.5. The number of methoxy groups -OCH3 is 2. The Morgan fingerprint density at radius 1 is 1.11 bits per heavy atom. The van der Waals surface area contributed by atoms with Gasteiger partial charge in [0.05, 0.1) is 25.2 Å². The van der Waals surface area contributed by atoms with Gasteiger partial charge in [-0.15, -0.1) is 11.8 Å². The number of ketones is 1. The van der Waals surface area contributed by atoms with Crippen molar-refractivity contribution in [2.45, 2.75) is 76.7 Å². The highest BCUT2D eigenvalue weighted by atomic mass is 32.2. The molecule has 6 nitrogen and oxygen atoms in total. The first-order chi connectivity index (χ1) is 17.0. The molecule has 2 rings (SSSR count). The molecule has 2 atom stereocenters. The molecule has 1 N–H and O–H groups in total. The lowest BCUT2D eigenvalue weighted by Gasteiger charge is -2.14. The van der Waals surface area contributed by atoms with Crippen LogP contribution in [0, 0.1) is 23.7 Å². The molecular weight excluding hydrogens is 464 g/mol. The minimum Gasteiger partial charge on any atom is -0.469 e. The van der Waals surface area contributed by atoms with Crippen molar-refractivity contribution < 1.29 is 29.0 Å². The molecule has 0 saturated heterocycles. The van der Waals surface area contributed by atoms with Gasteiger partial charge in [-0.05, 0) is 49.9 Å². The van der Waals surface area contributed by atoms with E-state index in [0.29, 0.717) is 42.1 Å². The lowest BCUT2D eigenvalue weighted by Crippen LogP contribution is -2.14. The molecule has 192 valence electrons. The Kier molecular flexibility index (Phi) is 13.5. The number of allylic oxidation sites excluding steroid dienone is 5. The zero-order valence-electron chi connectivity index (χ0n) is 20.9. The topological polar surface area (TPSA) is 89.9 Å². The van der Waals surface area contributed by atoms with E-state index in [1.807, 2.05) is 18.2 Å². The van der Waals surface area contributed by atoms with Crippen molar-refractivity contribution in [2.24, 2.45) is 11.8 Å². The average molecular weight is 503 g/mol. The Labute approximate surface area is 213 Å². The van der Waals surface area contributed by atoms with Gasteiger partial charge >= 0.3 is 11.9 Å². The van der Waals surface area contributed by atoms with E-state index in [0.717, 1.165) is 50.7 Å². The quantitative estimate of drug-likeness (QED) is 0.126. The molecule has 1 fully saturated rings. The normalized spacial score (nSPS) is 20.1. The minimum atomic E-state index is -0.488. The maximum Gasteiger partial charge on any atom is 0.305 e. The lowest BCUT2D eigenvalue weighted by molar-refractivity contribution is -0.141. The zero-order valence-corrected chi connectivity index (χ0v) is 21.7. The fraction of sp³-hybridized carbons (Fsp3) is 0.607. The molecule has 0 spiro atoms.